The zero-order valence-corrected chi connectivity index (χ0v) is 22.9. The third kappa shape index (κ3) is 6.46. The van der Waals surface area contributed by atoms with Crippen LogP contribution in [0, 0.1) is 0 Å². The number of hydrogen-bond donors (Lipinski definition) is 0. The minimum absolute atomic E-state index is 0.0286. The number of carbonyl (C=O) groups excluding carboxylic acids is 2. The fourth-order valence-electron chi connectivity index (χ4n) is 4.60. The first-order valence-electron chi connectivity index (χ1n) is 12.6. The molecule has 2 heterocycles. The van der Waals surface area contributed by atoms with Crippen LogP contribution in [0.5, 0.6) is 17.2 Å². The molecule has 2 aromatic carbocycles. The molecule has 9 heteroatoms. The van der Waals surface area contributed by atoms with Crippen molar-refractivity contribution in [2.45, 2.75) is 18.9 Å². The Morgan fingerprint density at radius 3 is 2.47 bits per heavy atom. The summed E-state index contributed by atoms with van der Waals surface area (Å²) in [6.45, 7) is 1.72. The molecule has 2 amide bonds. The van der Waals surface area contributed by atoms with Crippen molar-refractivity contribution in [3.05, 3.63) is 76.0 Å². The Kier molecular flexibility index (Phi) is 9.62. The van der Waals surface area contributed by atoms with Crippen molar-refractivity contribution in [1.29, 1.82) is 0 Å². The molecule has 4 rings (SSSR count). The zero-order valence-electron chi connectivity index (χ0n) is 22.1. The first kappa shape index (κ1) is 27.5. The van der Waals surface area contributed by atoms with E-state index in [4.69, 9.17) is 18.9 Å². The Bertz CT molecular complexity index is 1210. The number of carbonyl (C=O) groups is 2. The molecule has 3 aromatic rings. The summed E-state index contributed by atoms with van der Waals surface area (Å²) in [4.78, 5) is 31.9. The smallest absolute Gasteiger partial charge is 0.254 e. The van der Waals surface area contributed by atoms with Gasteiger partial charge in [0.1, 0.15) is 18.9 Å². The van der Waals surface area contributed by atoms with Crippen molar-refractivity contribution in [3.63, 3.8) is 0 Å². The summed E-state index contributed by atoms with van der Waals surface area (Å²) < 4.78 is 22.0. The molecule has 1 atom stereocenters. The van der Waals surface area contributed by atoms with Gasteiger partial charge in [0.25, 0.3) is 5.91 Å². The van der Waals surface area contributed by atoms with Gasteiger partial charge in [0.15, 0.2) is 11.5 Å². The molecule has 1 aromatic heterocycles. The van der Waals surface area contributed by atoms with Crippen LogP contribution in [0.1, 0.15) is 33.3 Å². The van der Waals surface area contributed by atoms with E-state index in [0.717, 1.165) is 12.0 Å². The molecule has 0 fully saturated rings. The second-order valence-electron chi connectivity index (χ2n) is 8.92. The van der Waals surface area contributed by atoms with Gasteiger partial charge in [-0.05, 0) is 66.2 Å². The van der Waals surface area contributed by atoms with Gasteiger partial charge in [-0.25, -0.2) is 0 Å². The van der Waals surface area contributed by atoms with E-state index in [2.05, 4.69) is 11.4 Å². The maximum atomic E-state index is 13.8. The molecule has 0 saturated carbocycles. The molecule has 0 aliphatic carbocycles. The van der Waals surface area contributed by atoms with Crippen molar-refractivity contribution in [2.75, 3.05) is 54.2 Å². The third-order valence-electron chi connectivity index (χ3n) is 6.61. The number of ether oxygens (including phenoxy) is 4. The summed E-state index contributed by atoms with van der Waals surface area (Å²) in [5, 5.41) is 2.05. The van der Waals surface area contributed by atoms with E-state index < -0.39 is 0 Å². The molecule has 0 spiro atoms. The van der Waals surface area contributed by atoms with Crippen LogP contribution in [0.25, 0.3) is 0 Å². The van der Waals surface area contributed by atoms with Crippen LogP contribution in [0.2, 0.25) is 0 Å². The van der Waals surface area contributed by atoms with Gasteiger partial charge >= 0.3 is 0 Å². The lowest BCUT2D eigenvalue weighted by molar-refractivity contribution is -0.135. The van der Waals surface area contributed by atoms with Crippen molar-refractivity contribution in [1.82, 2.24) is 9.80 Å². The standard InChI is InChI=1S/C29H34N2O6S/c1-34-17-6-15-30(29(33)21-9-11-22(35-2)12-10-21)19-28(32)31-16-13-27-23(14-18-38-27)24(31)20-37-26-8-5-4-7-25(26)36-3/h4-5,7-12,14,18,24H,6,13,15-17,19-20H2,1-3H3/t24-/m0/s1. The van der Waals surface area contributed by atoms with E-state index in [1.165, 1.54) is 4.88 Å². The number of methoxy groups -OCH3 is 3. The topological polar surface area (TPSA) is 77.5 Å². The van der Waals surface area contributed by atoms with Gasteiger partial charge in [0, 0.05) is 37.2 Å². The van der Waals surface area contributed by atoms with Gasteiger partial charge in [-0.2, -0.15) is 0 Å². The minimum atomic E-state index is -0.265. The molecular weight excluding hydrogens is 504 g/mol. The maximum Gasteiger partial charge on any atom is 0.254 e. The van der Waals surface area contributed by atoms with Crippen LogP contribution in [-0.2, 0) is 16.0 Å². The van der Waals surface area contributed by atoms with Crippen LogP contribution >= 0.6 is 11.3 Å². The first-order valence-corrected chi connectivity index (χ1v) is 13.5. The summed E-state index contributed by atoms with van der Waals surface area (Å²) in [5.41, 5.74) is 1.60. The van der Waals surface area contributed by atoms with Crippen molar-refractivity contribution < 1.29 is 28.5 Å². The fraction of sp³-hybridized carbons (Fsp3) is 0.379. The zero-order chi connectivity index (χ0) is 26.9. The minimum Gasteiger partial charge on any atom is -0.497 e. The average Bonchev–Trinajstić information content (AvgIpc) is 3.44. The van der Waals surface area contributed by atoms with E-state index in [1.807, 2.05) is 29.2 Å². The lowest BCUT2D eigenvalue weighted by Gasteiger charge is -2.37. The molecule has 0 saturated heterocycles. The summed E-state index contributed by atoms with van der Waals surface area (Å²) in [6, 6.07) is 16.2. The predicted octanol–water partition coefficient (Wildman–Crippen LogP) is 4.45. The predicted molar refractivity (Wildman–Crippen MR) is 146 cm³/mol. The highest BCUT2D eigenvalue weighted by Gasteiger charge is 2.33. The summed E-state index contributed by atoms with van der Waals surface area (Å²) in [6.07, 6.45) is 1.40. The average molecular weight is 539 g/mol. The second-order valence-corrected chi connectivity index (χ2v) is 9.92. The number of thiophene rings is 1. The van der Waals surface area contributed by atoms with Crippen LogP contribution in [-0.4, -0.2) is 75.8 Å². The van der Waals surface area contributed by atoms with Crippen molar-refractivity contribution in [2.24, 2.45) is 0 Å². The first-order chi connectivity index (χ1) is 18.5. The number of nitrogens with zero attached hydrogens (tertiary/aromatic N) is 2. The molecule has 38 heavy (non-hydrogen) atoms. The van der Waals surface area contributed by atoms with E-state index in [-0.39, 0.29) is 31.0 Å². The number of amides is 2. The second kappa shape index (κ2) is 13.3. The Morgan fingerprint density at radius 1 is 1.00 bits per heavy atom. The number of hydrogen-bond acceptors (Lipinski definition) is 7. The van der Waals surface area contributed by atoms with Gasteiger partial charge < -0.3 is 28.7 Å². The van der Waals surface area contributed by atoms with Crippen LogP contribution in [0.4, 0.5) is 0 Å². The molecule has 0 unspecified atom stereocenters. The van der Waals surface area contributed by atoms with Crippen molar-refractivity contribution in [3.8, 4) is 17.2 Å². The van der Waals surface area contributed by atoms with Crippen LogP contribution < -0.4 is 14.2 Å². The van der Waals surface area contributed by atoms with Gasteiger partial charge in [0.05, 0.1) is 20.3 Å². The molecule has 0 N–H and O–H groups in total. The molecule has 1 aliphatic rings. The SMILES string of the molecule is COCCCN(CC(=O)N1CCc2sccc2[C@@H]1COc1ccccc1OC)C(=O)c1ccc(OC)cc1. The lowest BCUT2D eigenvalue weighted by Crippen LogP contribution is -2.48. The molecule has 202 valence electrons. The fourth-order valence-corrected chi connectivity index (χ4v) is 5.53. The number of rotatable bonds is 12. The molecular formula is C29H34N2O6S. The van der Waals surface area contributed by atoms with Crippen LogP contribution in [0.15, 0.2) is 60.0 Å². The van der Waals surface area contributed by atoms with Gasteiger partial charge in [-0.15, -0.1) is 11.3 Å². The summed E-state index contributed by atoms with van der Waals surface area (Å²) in [7, 11) is 4.81. The quantitative estimate of drug-likeness (QED) is 0.317. The summed E-state index contributed by atoms with van der Waals surface area (Å²) >= 11 is 1.70. The monoisotopic (exact) mass is 538 g/mol. The van der Waals surface area contributed by atoms with E-state index in [0.29, 0.717) is 48.9 Å². The van der Waals surface area contributed by atoms with Gasteiger partial charge in [-0.3, -0.25) is 9.59 Å². The van der Waals surface area contributed by atoms with Crippen LogP contribution in [0.3, 0.4) is 0 Å². The Hall–Kier alpha value is -3.56. The largest absolute Gasteiger partial charge is 0.497 e. The molecule has 0 radical (unpaired) electrons. The van der Waals surface area contributed by atoms with E-state index in [1.54, 1.807) is 61.8 Å². The van der Waals surface area contributed by atoms with Gasteiger partial charge in [0.2, 0.25) is 5.91 Å². The normalized spacial score (nSPS) is 14.5. The highest BCUT2D eigenvalue weighted by atomic mass is 32.1. The number of fused-ring (bicyclic) bond motifs is 1. The Morgan fingerprint density at radius 2 is 1.76 bits per heavy atom. The maximum absolute atomic E-state index is 13.8. The summed E-state index contributed by atoms with van der Waals surface area (Å²) in [5.74, 6) is 1.62. The van der Waals surface area contributed by atoms with Gasteiger partial charge in [-0.1, -0.05) is 12.1 Å². The molecule has 8 nitrogen and oxygen atoms in total. The van der Waals surface area contributed by atoms with Crippen molar-refractivity contribution >= 4 is 23.2 Å². The molecule has 1 aliphatic heterocycles. The molecule has 0 bridgehead atoms. The van der Waals surface area contributed by atoms with E-state index in [9.17, 15) is 9.59 Å². The highest BCUT2D eigenvalue weighted by molar-refractivity contribution is 7.10. The number of benzene rings is 2. The third-order valence-corrected chi connectivity index (χ3v) is 7.60. The van der Waals surface area contributed by atoms with E-state index >= 15 is 0 Å². The number of para-hydroxylation sites is 2. The lowest BCUT2D eigenvalue weighted by atomic mass is 10.00. The highest BCUT2D eigenvalue weighted by Crippen LogP contribution is 2.35. The Balaban J connectivity index is 1.53. The Labute approximate surface area is 227 Å².